The van der Waals surface area contributed by atoms with E-state index < -0.39 is 36.4 Å². The van der Waals surface area contributed by atoms with Gasteiger partial charge in [0.25, 0.3) is 5.91 Å². The third kappa shape index (κ3) is 7.64. The molecule has 4 rings (SSSR count). The predicted octanol–water partition coefficient (Wildman–Crippen LogP) is 3.92. The van der Waals surface area contributed by atoms with E-state index in [1.807, 2.05) is 74.5 Å². The first-order valence-electron chi connectivity index (χ1n) is 13.0. The molecule has 3 aromatic rings. The lowest BCUT2D eigenvalue weighted by Gasteiger charge is -2.31. The standard InChI is InChI=1S/C29H34N4O5S/c1-19(2)26-27(35)33(28(36)32-26)22(13-20-9-5-3-6-10-20)15-25(34)24(14-21-11-7-4-8-12-21)31-29(37)38-17-23-16-30-18-39-23/h3-12,16,18-19,22,24-26,34H,13-15,17H2,1-2H3,(H,31,37)(H,32,36)/t22-,24-,25-,26+/m0/s1. The van der Waals surface area contributed by atoms with Crippen LogP contribution in [0.2, 0.25) is 0 Å². The molecule has 1 aromatic heterocycles. The number of benzene rings is 2. The lowest BCUT2D eigenvalue weighted by atomic mass is 9.92. The Hall–Kier alpha value is -3.76. The summed E-state index contributed by atoms with van der Waals surface area (Å²) in [5, 5.41) is 17.1. The predicted molar refractivity (Wildman–Crippen MR) is 148 cm³/mol. The second-order valence-corrected chi connectivity index (χ2v) is 11.0. The summed E-state index contributed by atoms with van der Waals surface area (Å²) in [6.45, 7) is 3.83. The van der Waals surface area contributed by atoms with Gasteiger partial charge in [-0.1, -0.05) is 74.5 Å². The smallest absolute Gasteiger partial charge is 0.407 e. The van der Waals surface area contributed by atoms with Gasteiger partial charge in [0.1, 0.15) is 12.6 Å². The number of aromatic nitrogens is 1. The number of ether oxygens (including phenoxy) is 1. The zero-order valence-electron chi connectivity index (χ0n) is 22.0. The Balaban J connectivity index is 1.54. The molecule has 0 aliphatic carbocycles. The van der Waals surface area contributed by atoms with E-state index in [-0.39, 0.29) is 24.9 Å². The Kier molecular flexibility index (Phi) is 9.67. The highest BCUT2D eigenvalue weighted by molar-refractivity contribution is 7.09. The van der Waals surface area contributed by atoms with Crippen molar-refractivity contribution >= 4 is 29.4 Å². The third-order valence-electron chi connectivity index (χ3n) is 6.76. The van der Waals surface area contributed by atoms with Crippen molar-refractivity contribution in [1.82, 2.24) is 20.5 Å². The van der Waals surface area contributed by atoms with E-state index in [1.54, 1.807) is 11.7 Å². The zero-order chi connectivity index (χ0) is 27.8. The van der Waals surface area contributed by atoms with Crippen molar-refractivity contribution in [3.8, 4) is 0 Å². The molecule has 1 aliphatic heterocycles. The van der Waals surface area contributed by atoms with Gasteiger partial charge in [-0.3, -0.25) is 14.7 Å². The molecule has 0 unspecified atom stereocenters. The molecular weight excluding hydrogens is 516 g/mol. The van der Waals surface area contributed by atoms with E-state index in [2.05, 4.69) is 15.6 Å². The minimum Gasteiger partial charge on any atom is -0.444 e. The van der Waals surface area contributed by atoms with Gasteiger partial charge < -0.3 is 20.5 Å². The summed E-state index contributed by atoms with van der Waals surface area (Å²) < 4.78 is 5.36. The van der Waals surface area contributed by atoms with E-state index in [9.17, 15) is 19.5 Å². The average Bonchev–Trinajstić information content (AvgIpc) is 3.55. The molecule has 1 saturated heterocycles. The van der Waals surface area contributed by atoms with Crippen LogP contribution in [0.5, 0.6) is 0 Å². The highest BCUT2D eigenvalue weighted by Gasteiger charge is 2.44. The van der Waals surface area contributed by atoms with Gasteiger partial charge >= 0.3 is 12.1 Å². The number of aliphatic hydroxyl groups is 1. The number of alkyl carbamates (subject to hydrolysis) is 1. The molecule has 3 N–H and O–H groups in total. The number of urea groups is 1. The first-order chi connectivity index (χ1) is 18.8. The number of carbonyl (C=O) groups excluding carboxylic acids is 3. The van der Waals surface area contributed by atoms with Gasteiger partial charge in [-0.2, -0.15) is 0 Å². The van der Waals surface area contributed by atoms with Gasteiger partial charge in [-0.15, -0.1) is 11.3 Å². The van der Waals surface area contributed by atoms with Crippen molar-refractivity contribution < 1.29 is 24.2 Å². The molecule has 0 saturated carbocycles. The van der Waals surface area contributed by atoms with E-state index in [4.69, 9.17) is 4.74 Å². The lowest BCUT2D eigenvalue weighted by Crippen LogP contribution is -2.50. The maximum Gasteiger partial charge on any atom is 0.407 e. The number of thiazole rings is 1. The summed E-state index contributed by atoms with van der Waals surface area (Å²) in [4.78, 5) is 45.0. The van der Waals surface area contributed by atoms with Crippen LogP contribution < -0.4 is 10.6 Å². The quantitative estimate of drug-likeness (QED) is 0.294. The Morgan fingerprint density at radius 1 is 1.08 bits per heavy atom. The number of nitrogens with zero attached hydrogens (tertiary/aromatic N) is 2. The van der Waals surface area contributed by atoms with Gasteiger partial charge in [0.05, 0.1) is 22.5 Å². The molecule has 9 nitrogen and oxygen atoms in total. The number of hydrogen-bond acceptors (Lipinski definition) is 7. The first kappa shape index (κ1) is 28.3. The first-order valence-corrected chi connectivity index (χ1v) is 13.9. The van der Waals surface area contributed by atoms with Gasteiger partial charge in [0, 0.05) is 12.2 Å². The molecular formula is C29H34N4O5S. The highest BCUT2D eigenvalue weighted by atomic mass is 32.1. The summed E-state index contributed by atoms with van der Waals surface area (Å²) >= 11 is 1.38. The Bertz CT molecular complexity index is 1220. The maximum absolute atomic E-state index is 13.3. The fraction of sp³-hybridized carbons (Fsp3) is 0.379. The number of rotatable bonds is 12. The van der Waals surface area contributed by atoms with Crippen molar-refractivity contribution in [1.29, 1.82) is 0 Å². The summed E-state index contributed by atoms with van der Waals surface area (Å²) in [6.07, 6.45) is 0.669. The average molecular weight is 551 g/mol. The molecule has 1 aliphatic rings. The van der Waals surface area contributed by atoms with Crippen LogP contribution in [-0.2, 0) is 29.0 Å². The van der Waals surface area contributed by atoms with Crippen molar-refractivity contribution in [3.63, 3.8) is 0 Å². The number of imide groups is 1. The second-order valence-electron chi connectivity index (χ2n) is 10.0. The van der Waals surface area contributed by atoms with Crippen molar-refractivity contribution in [2.75, 3.05) is 0 Å². The van der Waals surface area contributed by atoms with Gasteiger partial charge in [-0.05, 0) is 36.3 Å². The zero-order valence-corrected chi connectivity index (χ0v) is 22.8. The fourth-order valence-corrected chi connectivity index (χ4v) is 5.22. The number of nitrogens with one attached hydrogen (secondary N) is 2. The Morgan fingerprint density at radius 3 is 2.28 bits per heavy atom. The maximum atomic E-state index is 13.3. The van der Waals surface area contributed by atoms with Crippen molar-refractivity contribution in [3.05, 3.63) is 88.4 Å². The molecule has 0 bridgehead atoms. The number of amides is 4. The van der Waals surface area contributed by atoms with Crippen LogP contribution in [0, 0.1) is 5.92 Å². The van der Waals surface area contributed by atoms with Crippen LogP contribution in [0.1, 0.15) is 36.3 Å². The highest BCUT2D eigenvalue weighted by Crippen LogP contribution is 2.23. The summed E-state index contributed by atoms with van der Waals surface area (Å²) in [6, 6.07) is 16.6. The number of hydrogen-bond donors (Lipinski definition) is 3. The van der Waals surface area contributed by atoms with E-state index in [0.29, 0.717) is 12.8 Å². The van der Waals surface area contributed by atoms with Gasteiger partial charge in [0.2, 0.25) is 0 Å². The summed E-state index contributed by atoms with van der Waals surface area (Å²) in [5.74, 6) is -0.380. The van der Waals surface area contributed by atoms with E-state index >= 15 is 0 Å². The van der Waals surface area contributed by atoms with Gasteiger partial charge in [-0.25, -0.2) is 9.59 Å². The molecule has 4 atom stereocenters. The topological polar surface area (TPSA) is 121 Å². The SMILES string of the molecule is CC(C)[C@H]1NC(=O)N([C@@H](Cc2ccccc2)C[C@H](O)[C@H](Cc2ccccc2)NC(=O)OCc2cncs2)C1=O. The summed E-state index contributed by atoms with van der Waals surface area (Å²) in [5.41, 5.74) is 3.50. The number of aliphatic hydroxyl groups excluding tert-OH is 1. The lowest BCUT2D eigenvalue weighted by molar-refractivity contribution is -0.130. The molecule has 39 heavy (non-hydrogen) atoms. The van der Waals surface area contributed by atoms with Crippen LogP contribution in [0.3, 0.4) is 0 Å². The van der Waals surface area contributed by atoms with Crippen molar-refractivity contribution in [2.24, 2.45) is 5.92 Å². The minimum absolute atomic E-state index is 0.0698. The van der Waals surface area contributed by atoms with E-state index in [1.165, 1.54) is 16.2 Å². The minimum atomic E-state index is -1.08. The van der Waals surface area contributed by atoms with Crippen molar-refractivity contribution in [2.45, 2.75) is 63.9 Å². The Labute approximate surface area is 232 Å². The fourth-order valence-electron chi connectivity index (χ4n) is 4.72. The van der Waals surface area contributed by atoms with Crippen LogP contribution >= 0.6 is 11.3 Å². The monoisotopic (exact) mass is 550 g/mol. The number of carbonyl (C=O) groups is 3. The van der Waals surface area contributed by atoms with Crippen LogP contribution in [-0.4, -0.2) is 57.3 Å². The normalized spacial score (nSPS) is 17.5. The molecule has 10 heteroatoms. The molecule has 0 radical (unpaired) electrons. The largest absolute Gasteiger partial charge is 0.444 e. The molecule has 2 aromatic carbocycles. The molecule has 0 spiro atoms. The molecule has 1 fully saturated rings. The van der Waals surface area contributed by atoms with Gasteiger partial charge in [0.15, 0.2) is 0 Å². The Morgan fingerprint density at radius 2 is 1.72 bits per heavy atom. The third-order valence-corrected chi connectivity index (χ3v) is 7.51. The summed E-state index contributed by atoms with van der Waals surface area (Å²) in [7, 11) is 0. The molecule has 206 valence electrons. The molecule has 2 heterocycles. The second kappa shape index (κ2) is 13.3. The van der Waals surface area contributed by atoms with Crippen LogP contribution in [0.15, 0.2) is 72.4 Å². The van der Waals surface area contributed by atoms with Crippen LogP contribution in [0.25, 0.3) is 0 Å². The van der Waals surface area contributed by atoms with Crippen LogP contribution in [0.4, 0.5) is 9.59 Å². The van der Waals surface area contributed by atoms with E-state index in [0.717, 1.165) is 16.0 Å². The molecule has 4 amide bonds.